The van der Waals surface area contributed by atoms with E-state index in [4.69, 9.17) is 9.47 Å². The van der Waals surface area contributed by atoms with Crippen LogP contribution in [-0.4, -0.2) is 44.1 Å². The molecule has 1 aliphatic heterocycles. The number of ether oxygens (including phenoxy) is 2. The normalized spacial score (nSPS) is 15.9. The third kappa shape index (κ3) is 5.63. The van der Waals surface area contributed by atoms with Crippen LogP contribution in [0.15, 0.2) is 48.5 Å². The molecular formula is C22H27N3O4. The fraction of sp³-hybridized carbons (Fsp3) is 0.364. The summed E-state index contributed by atoms with van der Waals surface area (Å²) in [6, 6.07) is 15.2. The molecular weight excluding hydrogens is 370 g/mol. The van der Waals surface area contributed by atoms with Crippen molar-refractivity contribution in [2.75, 3.05) is 27.3 Å². The summed E-state index contributed by atoms with van der Waals surface area (Å²) >= 11 is 0. The van der Waals surface area contributed by atoms with Crippen molar-refractivity contribution in [2.24, 2.45) is 5.92 Å². The van der Waals surface area contributed by atoms with Gasteiger partial charge in [-0.3, -0.25) is 4.79 Å². The van der Waals surface area contributed by atoms with E-state index in [1.807, 2.05) is 47.4 Å². The molecule has 2 aromatic rings. The average Bonchev–Trinajstić information content (AvgIpc) is 3.10. The number of benzene rings is 2. The highest BCUT2D eigenvalue weighted by Crippen LogP contribution is 2.27. The smallest absolute Gasteiger partial charge is 0.315 e. The lowest BCUT2D eigenvalue weighted by Gasteiger charge is -2.17. The second-order valence-electron chi connectivity index (χ2n) is 7.08. The van der Waals surface area contributed by atoms with Crippen molar-refractivity contribution in [3.8, 4) is 11.5 Å². The highest BCUT2D eigenvalue weighted by molar-refractivity contribution is 5.79. The molecule has 1 heterocycles. The zero-order valence-electron chi connectivity index (χ0n) is 16.8. The molecule has 1 saturated heterocycles. The molecule has 0 bridgehead atoms. The first-order valence-corrected chi connectivity index (χ1v) is 9.63. The van der Waals surface area contributed by atoms with Gasteiger partial charge in [0.15, 0.2) is 11.5 Å². The van der Waals surface area contributed by atoms with Gasteiger partial charge in [0.1, 0.15) is 0 Å². The Kier molecular flexibility index (Phi) is 6.94. The molecule has 1 atom stereocenters. The number of hydrogen-bond donors (Lipinski definition) is 2. The van der Waals surface area contributed by atoms with E-state index >= 15 is 0 Å². The minimum atomic E-state index is -0.256. The van der Waals surface area contributed by atoms with Gasteiger partial charge >= 0.3 is 6.03 Å². The first-order valence-electron chi connectivity index (χ1n) is 9.63. The van der Waals surface area contributed by atoms with Gasteiger partial charge in [-0.05, 0) is 23.3 Å². The van der Waals surface area contributed by atoms with Gasteiger partial charge in [0.25, 0.3) is 0 Å². The van der Waals surface area contributed by atoms with Gasteiger partial charge in [-0.1, -0.05) is 36.4 Å². The van der Waals surface area contributed by atoms with E-state index in [0.717, 1.165) is 11.1 Å². The Balaban J connectivity index is 1.42. The fourth-order valence-corrected chi connectivity index (χ4v) is 3.42. The Morgan fingerprint density at radius 1 is 1.03 bits per heavy atom. The van der Waals surface area contributed by atoms with Crippen LogP contribution in [0.25, 0.3) is 0 Å². The average molecular weight is 397 g/mol. The molecule has 29 heavy (non-hydrogen) atoms. The lowest BCUT2D eigenvalue weighted by Crippen LogP contribution is -2.38. The second-order valence-corrected chi connectivity index (χ2v) is 7.08. The summed E-state index contributed by atoms with van der Waals surface area (Å²) in [7, 11) is 3.16. The van der Waals surface area contributed by atoms with Crippen LogP contribution in [0, 0.1) is 5.92 Å². The van der Waals surface area contributed by atoms with Crippen LogP contribution >= 0.6 is 0 Å². The van der Waals surface area contributed by atoms with Crippen molar-refractivity contribution < 1.29 is 19.1 Å². The fourth-order valence-electron chi connectivity index (χ4n) is 3.42. The van der Waals surface area contributed by atoms with Crippen molar-refractivity contribution in [2.45, 2.75) is 19.5 Å². The predicted molar refractivity (Wildman–Crippen MR) is 110 cm³/mol. The summed E-state index contributed by atoms with van der Waals surface area (Å²) in [5, 5.41) is 5.70. The Morgan fingerprint density at radius 3 is 2.52 bits per heavy atom. The van der Waals surface area contributed by atoms with E-state index in [1.165, 1.54) is 0 Å². The number of carbonyl (C=O) groups is 2. The molecule has 3 amide bonds. The molecule has 154 valence electrons. The molecule has 0 spiro atoms. The van der Waals surface area contributed by atoms with Gasteiger partial charge in [-0.15, -0.1) is 0 Å². The maximum atomic E-state index is 12.2. The molecule has 7 heteroatoms. The van der Waals surface area contributed by atoms with Crippen molar-refractivity contribution >= 4 is 11.9 Å². The van der Waals surface area contributed by atoms with Gasteiger partial charge in [0, 0.05) is 38.5 Å². The Bertz CT molecular complexity index is 841. The minimum absolute atomic E-state index is 0.123. The number of carbonyl (C=O) groups excluding carboxylic acids is 2. The topological polar surface area (TPSA) is 79.9 Å². The lowest BCUT2D eigenvalue weighted by molar-refractivity contribution is -0.128. The highest BCUT2D eigenvalue weighted by Gasteiger charge is 2.29. The number of rotatable bonds is 8. The molecule has 1 fully saturated rings. The first kappa shape index (κ1) is 20.5. The minimum Gasteiger partial charge on any atom is -0.493 e. The summed E-state index contributed by atoms with van der Waals surface area (Å²) in [5.74, 6) is 1.52. The Morgan fingerprint density at radius 2 is 1.79 bits per heavy atom. The lowest BCUT2D eigenvalue weighted by atomic mass is 10.1. The molecule has 1 aliphatic rings. The van der Waals surface area contributed by atoms with Gasteiger partial charge in [-0.2, -0.15) is 0 Å². The molecule has 0 saturated carbocycles. The number of hydrogen-bond acceptors (Lipinski definition) is 4. The van der Waals surface area contributed by atoms with Crippen LogP contribution in [0.5, 0.6) is 11.5 Å². The maximum absolute atomic E-state index is 12.2. The Hall–Kier alpha value is -3.22. The first-order chi connectivity index (χ1) is 14.1. The maximum Gasteiger partial charge on any atom is 0.315 e. The molecule has 0 aliphatic carbocycles. The quantitative estimate of drug-likeness (QED) is 0.718. The van der Waals surface area contributed by atoms with E-state index in [-0.39, 0.29) is 17.9 Å². The molecule has 1 unspecified atom stereocenters. The van der Waals surface area contributed by atoms with E-state index in [2.05, 4.69) is 10.6 Å². The summed E-state index contributed by atoms with van der Waals surface area (Å²) < 4.78 is 10.5. The Labute approximate surface area is 171 Å². The molecule has 0 radical (unpaired) electrons. The second kappa shape index (κ2) is 9.82. The van der Waals surface area contributed by atoms with Crippen LogP contribution in [-0.2, 0) is 17.9 Å². The van der Waals surface area contributed by atoms with Gasteiger partial charge in [0.05, 0.1) is 14.2 Å². The van der Waals surface area contributed by atoms with Crippen molar-refractivity contribution in [3.63, 3.8) is 0 Å². The predicted octanol–water partition coefficient (Wildman–Crippen LogP) is 2.55. The monoisotopic (exact) mass is 397 g/mol. The summed E-state index contributed by atoms with van der Waals surface area (Å²) in [6.45, 7) is 2.11. The number of urea groups is 1. The SMILES string of the molecule is COc1ccc(CNC(=O)NCC2CC(=O)N(Cc3ccccc3)C2)cc1OC. The standard InChI is InChI=1S/C22H27N3O4/c1-28-19-9-8-17(10-20(19)29-2)12-23-22(27)24-13-18-11-21(26)25(15-18)14-16-6-4-3-5-7-16/h3-10,18H,11-15H2,1-2H3,(H2,23,24,27). The van der Waals surface area contributed by atoms with Crippen LogP contribution in [0.1, 0.15) is 17.5 Å². The van der Waals surface area contributed by atoms with E-state index in [9.17, 15) is 9.59 Å². The molecule has 2 aromatic carbocycles. The number of likely N-dealkylation sites (tertiary alicyclic amines) is 1. The zero-order chi connectivity index (χ0) is 20.6. The molecule has 7 nitrogen and oxygen atoms in total. The molecule has 3 rings (SSSR count). The highest BCUT2D eigenvalue weighted by atomic mass is 16.5. The third-order valence-corrected chi connectivity index (χ3v) is 4.96. The van der Waals surface area contributed by atoms with Gasteiger partial charge in [-0.25, -0.2) is 4.79 Å². The summed E-state index contributed by atoms with van der Waals surface area (Å²) in [6.07, 6.45) is 0.461. The van der Waals surface area contributed by atoms with E-state index in [0.29, 0.717) is 44.1 Å². The van der Waals surface area contributed by atoms with Gasteiger partial charge in [0.2, 0.25) is 5.91 Å². The zero-order valence-corrected chi connectivity index (χ0v) is 16.8. The van der Waals surface area contributed by atoms with E-state index < -0.39 is 0 Å². The van der Waals surface area contributed by atoms with Crippen LogP contribution in [0.2, 0.25) is 0 Å². The van der Waals surface area contributed by atoms with Crippen LogP contribution in [0.4, 0.5) is 4.79 Å². The van der Waals surface area contributed by atoms with Crippen LogP contribution < -0.4 is 20.1 Å². The number of nitrogens with zero attached hydrogens (tertiary/aromatic N) is 1. The van der Waals surface area contributed by atoms with Crippen molar-refractivity contribution in [3.05, 3.63) is 59.7 Å². The number of amides is 3. The largest absolute Gasteiger partial charge is 0.493 e. The van der Waals surface area contributed by atoms with Gasteiger partial charge < -0.3 is 25.0 Å². The van der Waals surface area contributed by atoms with Crippen molar-refractivity contribution in [1.82, 2.24) is 15.5 Å². The third-order valence-electron chi connectivity index (χ3n) is 4.96. The van der Waals surface area contributed by atoms with Crippen LogP contribution in [0.3, 0.4) is 0 Å². The molecule has 0 aromatic heterocycles. The summed E-state index contributed by atoms with van der Waals surface area (Å²) in [5.41, 5.74) is 2.02. The van der Waals surface area contributed by atoms with E-state index in [1.54, 1.807) is 20.3 Å². The van der Waals surface area contributed by atoms with Crippen molar-refractivity contribution in [1.29, 1.82) is 0 Å². The molecule has 2 N–H and O–H groups in total. The number of nitrogens with one attached hydrogen (secondary N) is 2. The summed E-state index contributed by atoms with van der Waals surface area (Å²) in [4.78, 5) is 26.2. The number of methoxy groups -OCH3 is 2.